The Hall–Kier alpha value is -7.31. The van der Waals surface area contributed by atoms with Gasteiger partial charge in [0, 0.05) is 18.8 Å². The standard InChI is InChI=1S/C22H18F3N5O.C22H19F3N4O.CH2O/c23-22(24,25)16-1-3-17(4-2-16)26-27-18-5-7-19(8-6-18)28-29-20-9-11-21(12-10-20)30-13-14-31-15-30;23-22(24,25)17-5-9-19(10-6-17)27-29-21-13-11-20(12-14-21)28-26-18-7-3-16(4-8-18)2-1-15-30;1-2/h1-12H,13-15H2;3-14,30H,1-2,15H2;1H2. The van der Waals surface area contributed by atoms with E-state index in [-0.39, 0.29) is 6.61 Å². The number of hydrogen-bond acceptors (Lipinski definition) is 12. The Labute approximate surface area is 358 Å². The molecular formula is C45H39F6N9O3. The van der Waals surface area contributed by atoms with Crippen LogP contribution in [0, 0.1) is 0 Å². The number of nitrogens with zero attached hydrogens (tertiary/aromatic N) is 9. The van der Waals surface area contributed by atoms with Gasteiger partial charge >= 0.3 is 12.4 Å². The Morgan fingerprint density at radius 3 is 1.03 bits per heavy atom. The number of aliphatic hydroxyl groups is 1. The van der Waals surface area contributed by atoms with Gasteiger partial charge in [0.1, 0.15) is 13.5 Å². The van der Waals surface area contributed by atoms with Crippen molar-refractivity contribution in [3.05, 3.63) is 162 Å². The third-order valence-corrected chi connectivity index (χ3v) is 8.74. The van der Waals surface area contributed by atoms with Crippen LogP contribution in [0.2, 0.25) is 0 Å². The lowest BCUT2D eigenvalue weighted by atomic mass is 10.1. The maximum absolute atomic E-state index is 12.6. The smallest absolute Gasteiger partial charge is 0.396 e. The minimum Gasteiger partial charge on any atom is -0.396 e. The lowest BCUT2D eigenvalue weighted by molar-refractivity contribution is -0.138. The Bertz CT molecular complexity index is 2420. The highest BCUT2D eigenvalue weighted by molar-refractivity contribution is 5.54. The van der Waals surface area contributed by atoms with Crippen LogP contribution in [-0.4, -0.2) is 38.4 Å². The predicted molar refractivity (Wildman–Crippen MR) is 226 cm³/mol. The summed E-state index contributed by atoms with van der Waals surface area (Å²) in [4.78, 5) is 10.1. The summed E-state index contributed by atoms with van der Waals surface area (Å²) in [5.74, 6) is 0. The largest absolute Gasteiger partial charge is 0.416 e. The Morgan fingerprint density at radius 1 is 0.476 bits per heavy atom. The Morgan fingerprint density at radius 2 is 0.762 bits per heavy atom. The van der Waals surface area contributed by atoms with Crippen molar-refractivity contribution in [3.63, 3.8) is 0 Å². The van der Waals surface area contributed by atoms with Gasteiger partial charge in [-0.3, -0.25) is 0 Å². The van der Waals surface area contributed by atoms with Crippen molar-refractivity contribution in [2.45, 2.75) is 25.2 Å². The molecule has 6 aromatic rings. The van der Waals surface area contributed by atoms with E-state index < -0.39 is 23.5 Å². The highest BCUT2D eigenvalue weighted by atomic mass is 19.4. The number of rotatable bonds is 12. The summed E-state index contributed by atoms with van der Waals surface area (Å²) in [5, 5.41) is 41.6. The van der Waals surface area contributed by atoms with E-state index in [2.05, 4.69) is 45.8 Å². The van der Waals surface area contributed by atoms with Crippen LogP contribution in [0.3, 0.4) is 0 Å². The van der Waals surface area contributed by atoms with E-state index in [4.69, 9.17) is 14.6 Å². The van der Waals surface area contributed by atoms with Crippen LogP contribution in [0.15, 0.2) is 187 Å². The van der Waals surface area contributed by atoms with Gasteiger partial charge in [-0.25, -0.2) is 0 Å². The van der Waals surface area contributed by atoms with Gasteiger partial charge in [0.2, 0.25) is 0 Å². The van der Waals surface area contributed by atoms with Crippen LogP contribution in [0.25, 0.3) is 0 Å². The number of aliphatic hydroxyl groups excluding tert-OH is 1. The quantitative estimate of drug-likeness (QED) is 0.0962. The van der Waals surface area contributed by atoms with E-state index in [1.807, 2.05) is 55.3 Å². The van der Waals surface area contributed by atoms with Crippen LogP contribution < -0.4 is 4.90 Å². The maximum atomic E-state index is 12.6. The summed E-state index contributed by atoms with van der Waals surface area (Å²) >= 11 is 0. The van der Waals surface area contributed by atoms with Crippen LogP contribution in [0.1, 0.15) is 23.1 Å². The number of azo groups is 4. The number of halogens is 6. The molecule has 0 spiro atoms. The zero-order chi connectivity index (χ0) is 45.1. The molecule has 1 saturated heterocycles. The zero-order valence-corrected chi connectivity index (χ0v) is 33.4. The van der Waals surface area contributed by atoms with Gasteiger partial charge in [0.05, 0.1) is 63.2 Å². The van der Waals surface area contributed by atoms with E-state index in [0.717, 1.165) is 67.2 Å². The van der Waals surface area contributed by atoms with Crippen LogP contribution in [-0.2, 0) is 28.3 Å². The molecule has 1 N–H and O–H groups in total. The fourth-order valence-electron chi connectivity index (χ4n) is 5.43. The van der Waals surface area contributed by atoms with Gasteiger partial charge in [-0.05, 0) is 152 Å². The van der Waals surface area contributed by atoms with Crippen molar-refractivity contribution in [3.8, 4) is 0 Å². The second-order valence-electron chi connectivity index (χ2n) is 13.2. The molecule has 0 radical (unpaired) electrons. The van der Waals surface area contributed by atoms with Gasteiger partial charge in [-0.15, -0.1) is 0 Å². The Kier molecular flexibility index (Phi) is 17.1. The number of anilines is 1. The molecule has 63 heavy (non-hydrogen) atoms. The molecule has 0 atom stereocenters. The average Bonchev–Trinajstić information content (AvgIpc) is 3.86. The SMILES string of the molecule is C=O.FC(F)(F)c1ccc(N=Nc2ccc(N=Nc3ccc(N4CCOC4)cc3)cc2)cc1.OCCCc1ccc(N=Nc2ccc(N=Nc3ccc(C(F)(F)F)cc3)cc2)cc1. The number of ether oxygens (including phenoxy) is 1. The predicted octanol–water partition coefficient (Wildman–Crippen LogP) is 14.6. The number of carbonyl (C=O) groups is 1. The van der Waals surface area contributed by atoms with Crippen molar-refractivity contribution >= 4 is 58.0 Å². The molecule has 324 valence electrons. The van der Waals surface area contributed by atoms with E-state index in [0.29, 0.717) is 46.5 Å². The molecule has 0 unspecified atom stereocenters. The molecule has 18 heteroatoms. The first-order valence-electron chi connectivity index (χ1n) is 19.0. The number of benzene rings is 6. The molecule has 7 rings (SSSR count). The van der Waals surface area contributed by atoms with Gasteiger partial charge in [0.25, 0.3) is 0 Å². The molecule has 0 amide bonds. The molecule has 1 aliphatic rings. The minimum atomic E-state index is -4.37. The molecule has 0 aliphatic carbocycles. The van der Waals surface area contributed by atoms with Crippen molar-refractivity contribution in [1.29, 1.82) is 0 Å². The summed E-state index contributed by atoms with van der Waals surface area (Å²) in [6.45, 7) is 4.38. The maximum Gasteiger partial charge on any atom is 0.416 e. The summed E-state index contributed by atoms with van der Waals surface area (Å²) in [6.07, 6.45) is -7.20. The lowest BCUT2D eigenvalue weighted by Crippen LogP contribution is -2.17. The van der Waals surface area contributed by atoms with Crippen LogP contribution in [0.4, 0.5) is 77.5 Å². The van der Waals surface area contributed by atoms with Gasteiger partial charge in [-0.2, -0.15) is 67.3 Å². The monoisotopic (exact) mass is 867 g/mol. The van der Waals surface area contributed by atoms with Crippen LogP contribution in [0.5, 0.6) is 0 Å². The highest BCUT2D eigenvalue weighted by Crippen LogP contribution is 2.33. The zero-order valence-electron chi connectivity index (χ0n) is 33.4. The van der Waals surface area contributed by atoms with E-state index >= 15 is 0 Å². The van der Waals surface area contributed by atoms with E-state index in [1.54, 1.807) is 48.5 Å². The molecule has 1 heterocycles. The molecule has 0 saturated carbocycles. The summed E-state index contributed by atoms with van der Waals surface area (Å²) in [5.41, 5.74) is 5.25. The molecule has 1 fully saturated rings. The second-order valence-corrected chi connectivity index (χ2v) is 13.2. The minimum absolute atomic E-state index is 0.168. The first kappa shape index (κ1) is 46.8. The van der Waals surface area contributed by atoms with Gasteiger partial charge < -0.3 is 19.5 Å². The molecular weight excluding hydrogens is 829 g/mol. The third kappa shape index (κ3) is 15.3. The van der Waals surface area contributed by atoms with E-state index in [1.165, 1.54) is 24.3 Å². The number of carbonyl (C=O) groups excluding carboxylic acids is 1. The summed E-state index contributed by atoms with van der Waals surface area (Å²) < 4.78 is 80.8. The Balaban J connectivity index is 0.000000229. The first-order chi connectivity index (χ1) is 30.4. The number of hydrogen-bond donors (Lipinski definition) is 1. The van der Waals surface area contributed by atoms with Crippen molar-refractivity contribution in [2.24, 2.45) is 40.9 Å². The fraction of sp³-hybridized carbons (Fsp3) is 0.178. The van der Waals surface area contributed by atoms with Gasteiger partial charge in [-0.1, -0.05) is 12.1 Å². The van der Waals surface area contributed by atoms with Crippen molar-refractivity contribution < 1.29 is 41.0 Å². The lowest BCUT2D eigenvalue weighted by Gasteiger charge is -2.15. The first-order valence-corrected chi connectivity index (χ1v) is 19.0. The molecule has 1 aliphatic heterocycles. The molecule has 6 aromatic carbocycles. The number of aryl methyl sites for hydroxylation is 1. The fourth-order valence-corrected chi connectivity index (χ4v) is 5.43. The van der Waals surface area contributed by atoms with Crippen molar-refractivity contribution in [2.75, 3.05) is 31.4 Å². The van der Waals surface area contributed by atoms with E-state index in [9.17, 15) is 26.3 Å². The van der Waals surface area contributed by atoms with Crippen LogP contribution >= 0.6 is 0 Å². The van der Waals surface area contributed by atoms with Gasteiger partial charge in [0.15, 0.2) is 0 Å². The number of alkyl halides is 6. The topological polar surface area (TPSA) is 149 Å². The summed E-state index contributed by atoms with van der Waals surface area (Å²) in [7, 11) is 0. The second kappa shape index (κ2) is 23.1. The van der Waals surface area contributed by atoms with Crippen molar-refractivity contribution in [1.82, 2.24) is 0 Å². The molecule has 0 aromatic heterocycles. The molecule has 0 bridgehead atoms. The normalized spacial score (nSPS) is 13.1. The molecule has 12 nitrogen and oxygen atoms in total. The highest BCUT2D eigenvalue weighted by Gasteiger charge is 2.30. The summed E-state index contributed by atoms with van der Waals surface area (Å²) in [6, 6.07) is 38.1. The third-order valence-electron chi connectivity index (χ3n) is 8.74. The average molecular weight is 868 g/mol.